The molecule has 1 aromatic rings. The number of aliphatic hydroxyl groups is 3. The minimum absolute atomic E-state index is 0.124. The second kappa shape index (κ2) is 6.77. The molecule has 2 heterocycles. The summed E-state index contributed by atoms with van der Waals surface area (Å²) < 4.78 is 0. The molecule has 128 valence electrons. The van der Waals surface area contributed by atoms with Gasteiger partial charge in [-0.3, -0.25) is 4.90 Å². The molecule has 5 nitrogen and oxygen atoms in total. The number of para-hydroxylation sites is 1. The summed E-state index contributed by atoms with van der Waals surface area (Å²) >= 11 is 0. The van der Waals surface area contributed by atoms with E-state index in [-0.39, 0.29) is 6.04 Å². The Hall–Kier alpha value is -1.14. The smallest absolute Gasteiger partial charge is 0.108 e. The molecule has 2 aliphatic rings. The number of aryl methyl sites for hydroxylation is 1. The zero-order chi connectivity index (χ0) is 16.6. The topological polar surface area (TPSA) is 67.2 Å². The average Bonchev–Trinajstić information content (AvgIpc) is 2.99. The lowest BCUT2D eigenvalue weighted by atomic mass is 9.93. The van der Waals surface area contributed by atoms with Crippen molar-refractivity contribution in [2.75, 3.05) is 31.1 Å². The molecule has 0 unspecified atom stereocenters. The van der Waals surface area contributed by atoms with Crippen LogP contribution in [0.15, 0.2) is 24.3 Å². The fraction of sp³-hybridized carbons (Fsp3) is 0.667. The van der Waals surface area contributed by atoms with E-state index in [0.29, 0.717) is 12.5 Å². The predicted octanol–water partition coefficient (Wildman–Crippen LogP) is 0.608. The number of likely N-dealkylation sites (tertiary alicyclic amines) is 1. The maximum Gasteiger partial charge on any atom is 0.108 e. The number of nitrogens with zero attached hydrogens (tertiary/aromatic N) is 2. The van der Waals surface area contributed by atoms with Crippen molar-refractivity contribution in [1.82, 2.24) is 4.90 Å². The molecule has 0 radical (unpaired) electrons. The number of anilines is 1. The van der Waals surface area contributed by atoms with Gasteiger partial charge >= 0.3 is 0 Å². The molecule has 5 atom stereocenters. The Bertz CT molecular complexity index is 539. The minimum Gasteiger partial charge on any atom is -0.389 e. The van der Waals surface area contributed by atoms with Gasteiger partial charge in [-0.15, -0.1) is 0 Å². The van der Waals surface area contributed by atoms with Crippen LogP contribution in [0, 0.1) is 12.8 Å². The summed E-state index contributed by atoms with van der Waals surface area (Å²) in [5.74, 6) is 0.520. The van der Waals surface area contributed by atoms with E-state index in [1.54, 1.807) is 0 Å². The number of rotatable bonds is 3. The van der Waals surface area contributed by atoms with Gasteiger partial charge in [-0.2, -0.15) is 0 Å². The van der Waals surface area contributed by atoms with Crippen molar-refractivity contribution in [3.05, 3.63) is 29.8 Å². The minimum atomic E-state index is -1.03. The van der Waals surface area contributed by atoms with Crippen molar-refractivity contribution < 1.29 is 15.3 Å². The van der Waals surface area contributed by atoms with Crippen LogP contribution in [-0.2, 0) is 0 Å². The molecule has 23 heavy (non-hydrogen) atoms. The molecule has 5 heteroatoms. The third-order valence-corrected chi connectivity index (χ3v) is 5.47. The number of aliphatic hydroxyl groups excluding tert-OH is 3. The molecule has 0 aliphatic carbocycles. The number of benzene rings is 1. The van der Waals surface area contributed by atoms with E-state index in [0.717, 1.165) is 26.1 Å². The van der Waals surface area contributed by atoms with Crippen molar-refractivity contribution in [3.8, 4) is 0 Å². The molecule has 0 aromatic heterocycles. The lowest BCUT2D eigenvalue weighted by molar-refractivity contribution is -0.134. The number of hydrogen-bond donors (Lipinski definition) is 3. The first kappa shape index (κ1) is 16.7. The van der Waals surface area contributed by atoms with Crippen molar-refractivity contribution in [1.29, 1.82) is 0 Å². The summed E-state index contributed by atoms with van der Waals surface area (Å²) in [7, 11) is 0. The Morgan fingerprint density at radius 2 is 1.83 bits per heavy atom. The van der Waals surface area contributed by atoms with E-state index in [1.807, 2.05) is 6.92 Å². The Labute approximate surface area is 138 Å². The molecule has 0 bridgehead atoms. The fourth-order valence-corrected chi connectivity index (χ4v) is 3.93. The monoisotopic (exact) mass is 320 g/mol. The largest absolute Gasteiger partial charge is 0.389 e. The van der Waals surface area contributed by atoms with Crippen LogP contribution in [-0.4, -0.2) is 70.8 Å². The van der Waals surface area contributed by atoms with E-state index in [1.165, 1.54) is 11.3 Å². The second-order valence-corrected chi connectivity index (χ2v) is 7.13. The quantitative estimate of drug-likeness (QED) is 0.761. The van der Waals surface area contributed by atoms with Crippen LogP contribution in [0.5, 0.6) is 0 Å². The van der Waals surface area contributed by atoms with Crippen LogP contribution in [0.1, 0.15) is 18.9 Å². The first-order valence-electron chi connectivity index (χ1n) is 8.56. The SMILES string of the molecule is Cc1ccccc1N1CC[C@H](CN2C[C@H](O)[C@@H](O)[C@H](O)[C@H]2C)C1. The molecule has 0 saturated carbocycles. The van der Waals surface area contributed by atoms with Gasteiger partial charge in [0.25, 0.3) is 0 Å². The van der Waals surface area contributed by atoms with Gasteiger partial charge in [-0.25, -0.2) is 0 Å². The van der Waals surface area contributed by atoms with Gasteiger partial charge in [-0.05, 0) is 37.8 Å². The van der Waals surface area contributed by atoms with Crippen molar-refractivity contribution in [2.45, 2.75) is 44.6 Å². The molecule has 2 saturated heterocycles. The van der Waals surface area contributed by atoms with Gasteiger partial charge in [0.15, 0.2) is 0 Å². The molecule has 0 amide bonds. The zero-order valence-corrected chi connectivity index (χ0v) is 14.0. The molecular formula is C18H28N2O3. The number of piperidine rings is 1. The van der Waals surface area contributed by atoms with Gasteiger partial charge in [0, 0.05) is 37.9 Å². The summed E-state index contributed by atoms with van der Waals surface area (Å²) in [6.07, 6.45) is -1.66. The molecule has 0 spiro atoms. The van der Waals surface area contributed by atoms with E-state index >= 15 is 0 Å². The molecule has 3 rings (SSSR count). The van der Waals surface area contributed by atoms with Gasteiger partial charge in [0.2, 0.25) is 0 Å². The zero-order valence-electron chi connectivity index (χ0n) is 14.0. The summed E-state index contributed by atoms with van der Waals surface area (Å²) in [4.78, 5) is 4.55. The molecular weight excluding hydrogens is 292 g/mol. The van der Waals surface area contributed by atoms with Crippen LogP contribution in [0.25, 0.3) is 0 Å². The van der Waals surface area contributed by atoms with Crippen molar-refractivity contribution in [3.63, 3.8) is 0 Å². The standard InChI is InChI=1S/C18H28N2O3/c1-12-5-3-4-6-15(12)19-8-7-14(9-19)10-20-11-16(21)18(23)17(22)13(20)2/h3-6,13-14,16-18,21-23H,7-11H2,1-2H3/t13-,14+,16+,17-,18-/m1/s1. The van der Waals surface area contributed by atoms with Crippen molar-refractivity contribution >= 4 is 5.69 Å². The summed E-state index contributed by atoms with van der Waals surface area (Å²) in [5.41, 5.74) is 2.60. The normalized spacial score (nSPS) is 35.7. The Kier molecular flexibility index (Phi) is 4.92. The van der Waals surface area contributed by atoms with Crippen LogP contribution in [0.2, 0.25) is 0 Å². The number of hydrogen-bond acceptors (Lipinski definition) is 5. The highest BCUT2D eigenvalue weighted by atomic mass is 16.4. The van der Waals surface area contributed by atoms with Crippen LogP contribution >= 0.6 is 0 Å². The van der Waals surface area contributed by atoms with Gasteiger partial charge in [0.1, 0.15) is 6.10 Å². The van der Waals surface area contributed by atoms with E-state index in [4.69, 9.17) is 0 Å². The van der Waals surface area contributed by atoms with E-state index < -0.39 is 18.3 Å². The van der Waals surface area contributed by atoms with E-state index in [9.17, 15) is 15.3 Å². The van der Waals surface area contributed by atoms with Gasteiger partial charge < -0.3 is 20.2 Å². The van der Waals surface area contributed by atoms with Crippen LogP contribution in [0.4, 0.5) is 5.69 Å². The predicted molar refractivity (Wildman–Crippen MR) is 90.6 cm³/mol. The third kappa shape index (κ3) is 3.38. The molecule has 1 aromatic carbocycles. The molecule has 3 N–H and O–H groups in total. The Balaban J connectivity index is 1.61. The lowest BCUT2D eigenvalue weighted by Gasteiger charge is -2.43. The summed E-state index contributed by atoms with van der Waals surface area (Å²) in [6, 6.07) is 8.34. The van der Waals surface area contributed by atoms with Gasteiger partial charge in [-0.1, -0.05) is 18.2 Å². The third-order valence-electron chi connectivity index (χ3n) is 5.47. The van der Waals surface area contributed by atoms with Crippen LogP contribution in [0.3, 0.4) is 0 Å². The number of β-amino-alcohol motifs (C(OH)–C–C–N with tert-alkyl or cyclic N) is 1. The lowest BCUT2D eigenvalue weighted by Crippen LogP contribution is -2.60. The maximum absolute atomic E-state index is 10.1. The molecule has 2 aliphatic heterocycles. The Morgan fingerprint density at radius 1 is 1.09 bits per heavy atom. The van der Waals surface area contributed by atoms with Crippen LogP contribution < -0.4 is 4.90 Å². The highest BCUT2D eigenvalue weighted by Crippen LogP contribution is 2.28. The second-order valence-electron chi connectivity index (χ2n) is 7.13. The fourth-order valence-electron chi connectivity index (χ4n) is 3.93. The van der Waals surface area contributed by atoms with Gasteiger partial charge in [0.05, 0.1) is 12.2 Å². The first-order chi connectivity index (χ1) is 11.0. The highest BCUT2D eigenvalue weighted by molar-refractivity contribution is 5.53. The highest BCUT2D eigenvalue weighted by Gasteiger charge is 2.40. The summed E-state index contributed by atoms with van der Waals surface area (Å²) in [5, 5.41) is 29.8. The molecule has 2 fully saturated rings. The maximum atomic E-state index is 10.1. The first-order valence-corrected chi connectivity index (χ1v) is 8.56. The van der Waals surface area contributed by atoms with Crippen molar-refractivity contribution in [2.24, 2.45) is 5.92 Å². The van der Waals surface area contributed by atoms with E-state index in [2.05, 4.69) is 41.0 Å². The Morgan fingerprint density at radius 3 is 2.57 bits per heavy atom. The average molecular weight is 320 g/mol. The summed E-state index contributed by atoms with van der Waals surface area (Å²) in [6.45, 7) is 7.40.